The van der Waals surface area contributed by atoms with E-state index in [-0.39, 0.29) is 38.4 Å². The summed E-state index contributed by atoms with van der Waals surface area (Å²) in [5.41, 5.74) is 1.97. The largest absolute Gasteiger partial charge is 0.489 e. The molecule has 0 radical (unpaired) electrons. The highest BCUT2D eigenvalue weighted by Crippen LogP contribution is 2.18. The van der Waals surface area contributed by atoms with Gasteiger partial charge < -0.3 is 34.5 Å². The van der Waals surface area contributed by atoms with Crippen molar-refractivity contribution in [3.63, 3.8) is 0 Å². The number of alkyl carbamates (subject to hydrolysis) is 2. The van der Waals surface area contributed by atoms with Crippen LogP contribution in [0.5, 0.6) is 5.75 Å². The van der Waals surface area contributed by atoms with Crippen LogP contribution in [0.25, 0.3) is 0 Å². The molecule has 1 atom stereocenters. The Kier molecular flexibility index (Phi) is 15.2. The molecule has 11 heteroatoms. The van der Waals surface area contributed by atoms with E-state index in [1.165, 1.54) is 12.0 Å². The van der Waals surface area contributed by atoms with Crippen LogP contribution in [0.15, 0.2) is 84.9 Å². The highest BCUT2D eigenvalue weighted by molar-refractivity contribution is 5.86. The lowest BCUT2D eigenvalue weighted by Gasteiger charge is -2.29. The maximum Gasteiger partial charge on any atom is 0.408 e. The Balaban J connectivity index is 1.62. The first-order valence-corrected chi connectivity index (χ1v) is 16.1. The highest BCUT2D eigenvalue weighted by Gasteiger charge is 2.28. The fourth-order valence-corrected chi connectivity index (χ4v) is 4.61. The van der Waals surface area contributed by atoms with Gasteiger partial charge in [0, 0.05) is 19.6 Å². The van der Waals surface area contributed by atoms with Gasteiger partial charge in [0.05, 0.1) is 13.5 Å². The van der Waals surface area contributed by atoms with Gasteiger partial charge in [-0.3, -0.25) is 9.59 Å². The minimum Gasteiger partial charge on any atom is -0.489 e. The predicted octanol–water partition coefficient (Wildman–Crippen LogP) is 6.15. The van der Waals surface area contributed by atoms with E-state index in [1.807, 2.05) is 84.9 Å². The van der Waals surface area contributed by atoms with E-state index >= 15 is 0 Å². The van der Waals surface area contributed by atoms with Crippen molar-refractivity contribution in [2.75, 3.05) is 20.2 Å². The second kappa shape index (κ2) is 19.6. The van der Waals surface area contributed by atoms with E-state index in [9.17, 15) is 19.2 Å². The van der Waals surface area contributed by atoms with Gasteiger partial charge in [0.2, 0.25) is 5.91 Å². The van der Waals surface area contributed by atoms with Gasteiger partial charge in [0.1, 0.15) is 30.6 Å². The van der Waals surface area contributed by atoms with Gasteiger partial charge in [-0.1, -0.05) is 72.8 Å². The number of unbranched alkanes of at least 4 members (excludes halogenated alkanes) is 1. The summed E-state index contributed by atoms with van der Waals surface area (Å²) in [7, 11) is 1.29. The summed E-state index contributed by atoms with van der Waals surface area (Å²) >= 11 is 0. The van der Waals surface area contributed by atoms with Gasteiger partial charge in [-0.05, 0) is 68.9 Å². The molecule has 3 amide bonds. The molecular formula is C37H47N3O8. The number of rotatable bonds is 17. The molecular weight excluding hydrogens is 614 g/mol. The molecule has 0 aliphatic carbocycles. The van der Waals surface area contributed by atoms with Gasteiger partial charge >= 0.3 is 18.2 Å². The normalized spacial score (nSPS) is 11.5. The van der Waals surface area contributed by atoms with Crippen molar-refractivity contribution < 1.29 is 38.1 Å². The number of carbonyl (C=O) groups excluding carboxylic acids is 4. The van der Waals surface area contributed by atoms with Crippen LogP contribution in [0.3, 0.4) is 0 Å². The van der Waals surface area contributed by atoms with Gasteiger partial charge in [-0.15, -0.1) is 0 Å². The third-order valence-electron chi connectivity index (χ3n) is 7.06. The molecule has 3 aromatic carbocycles. The van der Waals surface area contributed by atoms with Crippen LogP contribution in [-0.4, -0.2) is 60.8 Å². The minimum atomic E-state index is -0.934. The average Bonchev–Trinajstić information content (AvgIpc) is 3.07. The van der Waals surface area contributed by atoms with Crippen LogP contribution in [0.2, 0.25) is 0 Å². The molecule has 2 N–H and O–H groups in total. The summed E-state index contributed by atoms with van der Waals surface area (Å²) < 4.78 is 21.4. The van der Waals surface area contributed by atoms with Gasteiger partial charge in [-0.25, -0.2) is 9.59 Å². The molecule has 0 aliphatic rings. The van der Waals surface area contributed by atoms with Gasteiger partial charge in [0.15, 0.2) is 0 Å². The van der Waals surface area contributed by atoms with Gasteiger partial charge in [-0.2, -0.15) is 0 Å². The zero-order chi connectivity index (χ0) is 34.8. The molecule has 3 aromatic rings. The van der Waals surface area contributed by atoms with Crippen LogP contribution >= 0.6 is 0 Å². The molecule has 0 spiro atoms. The molecule has 48 heavy (non-hydrogen) atoms. The van der Waals surface area contributed by atoms with Crippen LogP contribution in [0, 0.1) is 0 Å². The summed E-state index contributed by atoms with van der Waals surface area (Å²) in [5.74, 6) is -0.152. The van der Waals surface area contributed by atoms with Crippen molar-refractivity contribution in [2.24, 2.45) is 0 Å². The van der Waals surface area contributed by atoms with Gasteiger partial charge in [0.25, 0.3) is 0 Å². The van der Waals surface area contributed by atoms with E-state index in [0.717, 1.165) is 16.7 Å². The van der Waals surface area contributed by atoms with E-state index in [0.29, 0.717) is 31.7 Å². The maximum absolute atomic E-state index is 14.0. The fraction of sp³-hybridized carbons (Fsp3) is 0.405. The van der Waals surface area contributed by atoms with Crippen LogP contribution < -0.4 is 15.4 Å². The van der Waals surface area contributed by atoms with Crippen molar-refractivity contribution in [3.05, 3.63) is 102 Å². The molecule has 0 saturated heterocycles. The summed E-state index contributed by atoms with van der Waals surface area (Å²) in [6.07, 6.45) is 0.0326. The van der Waals surface area contributed by atoms with Crippen molar-refractivity contribution >= 4 is 24.1 Å². The third kappa shape index (κ3) is 14.6. The monoisotopic (exact) mass is 661 g/mol. The Labute approximate surface area is 282 Å². The summed E-state index contributed by atoms with van der Waals surface area (Å²) in [6.45, 7) is 6.40. The summed E-state index contributed by atoms with van der Waals surface area (Å²) in [5, 5.41) is 5.44. The molecule has 0 aromatic heterocycles. The number of nitrogens with one attached hydrogen (secondary N) is 2. The number of esters is 1. The van der Waals surface area contributed by atoms with E-state index < -0.39 is 29.8 Å². The minimum absolute atomic E-state index is 0.0192. The van der Waals surface area contributed by atoms with E-state index in [4.69, 9.17) is 18.9 Å². The van der Waals surface area contributed by atoms with Crippen molar-refractivity contribution in [2.45, 2.75) is 77.9 Å². The molecule has 11 nitrogen and oxygen atoms in total. The number of amides is 3. The first-order valence-electron chi connectivity index (χ1n) is 16.1. The molecule has 0 bridgehead atoms. The number of nitrogens with zero attached hydrogens (tertiary/aromatic N) is 1. The number of carbonyl (C=O) groups is 4. The predicted molar refractivity (Wildman–Crippen MR) is 181 cm³/mol. The smallest absolute Gasteiger partial charge is 0.408 e. The lowest BCUT2D eigenvalue weighted by molar-refractivity contribution is -0.142. The van der Waals surface area contributed by atoms with E-state index in [2.05, 4.69) is 10.6 Å². The zero-order valence-corrected chi connectivity index (χ0v) is 28.2. The Morgan fingerprint density at radius 2 is 1.40 bits per heavy atom. The van der Waals surface area contributed by atoms with Crippen molar-refractivity contribution in [1.82, 2.24) is 15.5 Å². The lowest BCUT2D eigenvalue weighted by atomic mass is 10.1. The Morgan fingerprint density at radius 1 is 0.771 bits per heavy atom. The molecule has 3 rings (SSSR count). The fourth-order valence-electron chi connectivity index (χ4n) is 4.61. The summed E-state index contributed by atoms with van der Waals surface area (Å²) in [6, 6.07) is 25.6. The second-order valence-electron chi connectivity index (χ2n) is 12.2. The number of hydrogen-bond acceptors (Lipinski definition) is 8. The zero-order valence-electron chi connectivity index (χ0n) is 28.2. The molecule has 0 unspecified atom stereocenters. The third-order valence-corrected chi connectivity index (χ3v) is 7.06. The first-order chi connectivity index (χ1) is 23.0. The molecule has 0 aliphatic heterocycles. The highest BCUT2D eigenvalue weighted by atomic mass is 16.6. The second-order valence-corrected chi connectivity index (χ2v) is 12.2. The summed E-state index contributed by atoms with van der Waals surface area (Å²) in [4.78, 5) is 52.4. The first kappa shape index (κ1) is 37.4. The quantitative estimate of drug-likeness (QED) is 0.100. The van der Waals surface area contributed by atoms with Crippen molar-refractivity contribution in [3.8, 4) is 5.75 Å². The Hall–Kier alpha value is -5.06. The molecule has 0 heterocycles. The average molecular weight is 662 g/mol. The standard InChI is InChI=1S/C37H47N3O8/c1-37(2,3)48-36(44)39-32(17-11-12-23-38-35(43)47-27-30-15-9-6-10-16-30)34(42)40(24-22-33(41)45-4)25-28-18-20-31(21-19-28)46-26-29-13-7-5-8-14-29/h5-10,13-16,18-21,32H,11-12,17,22-27H2,1-4H3,(H,38,43)(H,39,44)/t32-/m0/s1. The molecule has 258 valence electrons. The lowest BCUT2D eigenvalue weighted by Crippen LogP contribution is -2.50. The Bertz CT molecular complexity index is 1430. The van der Waals surface area contributed by atoms with Crippen LogP contribution in [0.4, 0.5) is 9.59 Å². The maximum atomic E-state index is 14.0. The SMILES string of the molecule is COC(=O)CCN(Cc1ccc(OCc2ccccc2)cc1)C(=O)[C@H](CCCCNC(=O)OCc1ccccc1)NC(=O)OC(C)(C)C. The number of benzene rings is 3. The van der Waals surface area contributed by atoms with Crippen molar-refractivity contribution in [1.29, 1.82) is 0 Å². The Morgan fingerprint density at radius 3 is 2.00 bits per heavy atom. The number of ether oxygens (including phenoxy) is 4. The van der Waals surface area contributed by atoms with Crippen LogP contribution in [-0.2, 0) is 43.6 Å². The number of hydrogen-bond donors (Lipinski definition) is 2. The van der Waals surface area contributed by atoms with E-state index in [1.54, 1.807) is 20.8 Å². The number of methoxy groups -OCH3 is 1. The topological polar surface area (TPSA) is 132 Å². The molecule has 0 saturated carbocycles. The van der Waals surface area contributed by atoms with Crippen LogP contribution in [0.1, 0.15) is 63.1 Å². The molecule has 0 fully saturated rings.